The number of hydrogen-bond donors (Lipinski definition) is 1. The molecule has 2 nitrogen and oxygen atoms in total. The summed E-state index contributed by atoms with van der Waals surface area (Å²) in [4.78, 5) is 4.68. The van der Waals surface area contributed by atoms with Gasteiger partial charge in [0, 0.05) is 28.9 Å². The third kappa shape index (κ3) is 3.40. The summed E-state index contributed by atoms with van der Waals surface area (Å²) < 4.78 is 1.13. The molecule has 0 amide bonds. The maximum atomic E-state index is 4.68. The van der Waals surface area contributed by atoms with E-state index < -0.39 is 0 Å². The summed E-state index contributed by atoms with van der Waals surface area (Å²) in [5.74, 6) is 0. The smallest absolute Gasteiger partial charge is 0.0972 e. The number of nitrogens with zero attached hydrogens (tertiary/aromatic N) is 1. The minimum Gasteiger partial charge on any atom is -0.308 e. The Hall–Kier alpha value is -0.710. The van der Waals surface area contributed by atoms with E-state index in [1.54, 1.807) is 11.3 Å². The predicted octanol–water partition coefficient (Wildman–Crippen LogP) is 3.75. The zero-order chi connectivity index (χ0) is 12.4. The second kappa shape index (κ2) is 5.51. The molecular formula is C14H15BrN2S. The fraction of sp³-hybridized carbons (Fsp3) is 0.357. The first-order valence-corrected chi connectivity index (χ1v) is 7.88. The van der Waals surface area contributed by atoms with Crippen LogP contribution in [0.4, 0.5) is 0 Å². The largest absolute Gasteiger partial charge is 0.308 e. The fourth-order valence-corrected chi connectivity index (χ4v) is 3.14. The van der Waals surface area contributed by atoms with E-state index in [-0.39, 0.29) is 0 Å². The average molecular weight is 323 g/mol. The van der Waals surface area contributed by atoms with Crippen LogP contribution in [0, 0.1) is 0 Å². The van der Waals surface area contributed by atoms with Crippen molar-refractivity contribution in [3.05, 3.63) is 50.4 Å². The van der Waals surface area contributed by atoms with Crippen molar-refractivity contribution in [3.63, 3.8) is 0 Å². The quantitative estimate of drug-likeness (QED) is 0.906. The van der Waals surface area contributed by atoms with E-state index in [1.807, 2.05) is 0 Å². The fourth-order valence-electron chi connectivity index (χ4n) is 1.87. The third-order valence-electron chi connectivity index (χ3n) is 2.99. The van der Waals surface area contributed by atoms with Gasteiger partial charge in [-0.25, -0.2) is 4.98 Å². The Kier molecular flexibility index (Phi) is 3.77. The van der Waals surface area contributed by atoms with Crippen LogP contribution in [0.25, 0.3) is 0 Å². The van der Waals surface area contributed by atoms with Crippen LogP contribution in [-0.4, -0.2) is 11.0 Å². The van der Waals surface area contributed by atoms with Crippen molar-refractivity contribution in [2.75, 3.05) is 0 Å². The lowest BCUT2D eigenvalue weighted by atomic mass is 10.2. The topological polar surface area (TPSA) is 24.9 Å². The second-order valence-corrected chi connectivity index (χ2v) is 6.55. The molecule has 0 atom stereocenters. The van der Waals surface area contributed by atoms with Crippen molar-refractivity contribution >= 4 is 27.3 Å². The van der Waals surface area contributed by atoms with Gasteiger partial charge in [-0.15, -0.1) is 11.3 Å². The summed E-state index contributed by atoms with van der Waals surface area (Å²) in [5.41, 5.74) is 2.48. The SMILES string of the molecule is Brc1cccc(Cc2nc(CNC3CC3)cs2)c1. The van der Waals surface area contributed by atoms with Crippen molar-refractivity contribution in [2.45, 2.75) is 31.8 Å². The number of rotatable bonds is 5. The van der Waals surface area contributed by atoms with Gasteiger partial charge < -0.3 is 5.32 Å². The molecule has 1 N–H and O–H groups in total. The lowest BCUT2D eigenvalue weighted by molar-refractivity contribution is 0.676. The maximum Gasteiger partial charge on any atom is 0.0972 e. The Morgan fingerprint density at radius 2 is 2.28 bits per heavy atom. The van der Waals surface area contributed by atoms with E-state index in [0.29, 0.717) is 0 Å². The van der Waals surface area contributed by atoms with Gasteiger partial charge in [0.25, 0.3) is 0 Å². The molecule has 2 aromatic rings. The molecule has 1 heterocycles. The number of thiazole rings is 1. The molecule has 0 radical (unpaired) electrons. The standard InChI is InChI=1S/C14H15BrN2S/c15-11-3-1-2-10(6-11)7-14-17-13(9-18-14)8-16-12-4-5-12/h1-3,6,9,12,16H,4-5,7-8H2. The highest BCUT2D eigenvalue weighted by Gasteiger charge is 2.20. The molecule has 0 spiro atoms. The highest BCUT2D eigenvalue weighted by atomic mass is 79.9. The van der Waals surface area contributed by atoms with E-state index in [0.717, 1.165) is 23.5 Å². The van der Waals surface area contributed by atoms with Crippen LogP contribution < -0.4 is 5.32 Å². The van der Waals surface area contributed by atoms with Gasteiger partial charge in [-0.05, 0) is 30.5 Å². The van der Waals surface area contributed by atoms with Crippen molar-refractivity contribution in [1.82, 2.24) is 10.3 Å². The van der Waals surface area contributed by atoms with Crippen LogP contribution in [0.15, 0.2) is 34.1 Å². The highest BCUT2D eigenvalue weighted by Crippen LogP contribution is 2.21. The molecule has 1 aromatic carbocycles. The lowest BCUT2D eigenvalue weighted by Gasteiger charge is -1.99. The summed E-state index contributed by atoms with van der Waals surface area (Å²) >= 11 is 5.26. The Labute approximate surface area is 120 Å². The first-order valence-electron chi connectivity index (χ1n) is 6.21. The van der Waals surface area contributed by atoms with Crippen molar-refractivity contribution < 1.29 is 0 Å². The molecule has 1 aromatic heterocycles. The lowest BCUT2D eigenvalue weighted by Crippen LogP contribution is -2.15. The molecule has 0 bridgehead atoms. The first-order chi connectivity index (χ1) is 8.79. The van der Waals surface area contributed by atoms with Crippen LogP contribution in [0.2, 0.25) is 0 Å². The van der Waals surface area contributed by atoms with Gasteiger partial charge >= 0.3 is 0 Å². The molecule has 1 aliphatic rings. The van der Waals surface area contributed by atoms with E-state index in [4.69, 9.17) is 0 Å². The minimum atomic E-state index is 0.750. The zero-order valence-electron chi connectivity index (χ0n) is 10.0. The molecule has 0 aliphatic heterocycles. The van der Waals surface area contributed by atoms with Gasteiger partial charge in [-0.2, -0.15) is 0 Å². The molecule has 3 rings (SSSR count). The molecule has 0 unspecified atom stereocenters. The molecule has 0 saturated heterocycles. The summed E-state index contributed by atoms with van der Waals surface area (Å²) in [6.45, 7) is 0.916. The second-order valence-electron chi connectivity index (χ2n) is 4.69. The van der Waals surface area contributed by atoms with Gasteiger partial charge in [0.15, 0.2) is 0 Å². The maximum absolute atomic E-state index is 4.68. The van der Waals surface area contributed by atoms with Gasteiger partial charge in [0.05, 0.1) is 10.7 Å². The van der Waals surface area contributed by atoms with Crippen molar-refractivity contribution in [1.29, 1.82) is 0 Å². The monoisotopic (exact) mass is 322 g/mol. The minimum absolute atomic E-state index is 0.750. The molecule has 18 heavy (non-hydrogen) atoms. The summed E-state index contributed by atoms with van der Waals surface area (Å²) in [7, 11) is 0. The average Bonchev–Trinajstić information content (AvgIpc) is 3.08. The van der Waals surface area contributed by atoms with Crippen LogP contribution in [0.3, 0.4) is 0 Å². The zero-order valence-corrected chi connectivity index (χ0v) is 12.4. The van der Waals surface area contributed by atoms with E-state index in [2.05, 4.69) is 55.9 Å². The number of aromatic nitrogens is 1. The Morgan fingerprint density at radius 3 is 3.06 bits per heavy atom. The third-order valence-corrected chi connectivity index (χ3v) is 4.38. The number of halogens is 1. The summed E-state index contributed by atoms with van der Waals surface area (Å²) in [6, 6.07) is 9.18. The Bertz CT molecular complexity index is 534. The number of hydrogen-bond acceptors (Lipinski definition) is 3. The van der Waals surface area contributed by atoms with E-state index >= 15 is 0 Å². The normalized spacial score (nSPS) is 14.9. The van der Waals surface area contributed by atoms with Crippen molar-refractivity contribution in [3.8, 4) is 0 Å². The Morgan fingerprint density at radius 1 is 1.39 bits per heavy atom. The molecule has 1 saturated carbocycles. The number of nitrogens with one attached hydrogen (secondary N) is 1. The van der Waals surface area contributed by atoms with Gasteiger partial charge in [-0.1, -0.05) is 28.1 Å². The molecule has 94 valence electrons. The number of benzene rings is 1. The highest BCUT2D eigenvalue weighted by molar-refractivity contribution is 9.10. The summed E-state index contributed by atoms with van der Waals surface area (Å²) in [5, 5.41) is 6.86. The van der Waals surface area contributed by atoms with E-state index in [1.165, 1.54) is 29.1 Å². The van der Waals surface area contributed by atoms with Crippen LogP contribution in [0.1, 0.15) is 29.1 Å². The molecule has 1 aliphatic carbocycles. The van der Waals surface area contributed by atoms with Crippen molar-refractivity contribution in [2.24, 2.45) is 0 Å². The van der Waals surface area contributed by atoms with Crippen LogP contribution >= 0.6 is 27.3 Å². The predicted molar refractivity (Wildman–Crippen MR) is 78.9 cm³/mol. The van der Waals surface area contributed by atoms with Gasteiger partial charge in [0.1, 0.15) is 0 Å². The summed E-state index contributed by atoms with van der Waals surface area (Å²) in [6.07, 6.45) is 3.58. The molecule has 4 heteroatoms. The van der Waals surface area contributed by atoms with Crippen LogP contribution in [-0.2, 0) is 13.0 Å². The molecule has 1 fully saturated rings. The van der Waals surface area contributed by atoms with Gasteiger partial charge in [0.2, 0.25) is 0 Å². The van der Waals surface area contributed by atoms with Gasteiger partial charge in [-0.3, -0.25) is 0 Å². The van der Waals surface area contributed by atoms with Crippen LogP contribution in [0.5, 0.6) is 0 Å². The molecular weight excluding hydrogens is 308 g/mol. The van der Waals surface area contributed by atoms with E-state index in [9.17, 15) is 0 Å². The first kappa shape index (κ1) is 12.3. The Balaban J connectivity index is 1.61.